The zero-order valence-electron chi connectivity index (χ0n) is 13.3. The lowest BCUT2D eigenvalue weighted by Gasteiger charge is -2.13. The van der Waals surface area contributed by atoms with Gasteiger partial charge in [0.25, 0.3) is 0 Å². The minimum Gasteiger partial charge on any atom is -0.465 e. The second-order valence-corrected chi connectivity index (χ2v) is 6.34. The van der Waals surface area contributed by atoms with Crippen molar-refractivity contribution >= 4 is 28.7 Å². The van der Waals surface area contributed by atoms with Gasteiger partial charge in [-0.05, 0) is 43.9 Å². The van der Waals surface area contributed by atoms with E-state index in [1.54, 1.807) is 6.20 Å². The number of amides is 1. The molecule has 6 nitrogen and oxygen atoms in total. The van der Waals surface area contributed by atoms with Crippen molar-refractivity contribution < 1.29 is 14.6 Å². The molecule has 24 heavy (non-hydrogen) atoms. The van der Waals surface area contributed by atoms with Gasteiger partial charge in [0.2, 0.25) is 0 Å². The molecule has 2 aromatic rings. The number of carboxylic acid groups (broad SMARTS) is 1. The number of pyridine rings is 2. The molecule has 1 aliphatic rings. The predicted molar refractivity (Wildman–Crippen MR) is 91.4 cm³/mol. The highest BCUT2D eigenvalue weighted by Gasteiger charge is 2.26. The molecule has 0 bridgehead atoms. The summed E-state index contributed by atoms with van der Waals surface area (Å²) in [5.41, 5.74) is 1.61. The van der Waals surface area contributed by atoms with Gasteiger partial charge in [-0.3, -0.25) is 0 Å². The number of unbranched alkanes of at least 4 members (excludes halogenated alkanes) is 1. The summed E-state index contributed by atoms with van der Waals surface area (Å²) in [6.45, 7) is 1.67. The third-order valence-electron chi connectivity index (χ3n) is 4.18. The second kappa shape index (κ2) is 7.77. The topological polar surface area (TPSA) is 75.5 Å². The van der Waals surface area contributed by atoms with E-state index in [9.17, 15) is 4.79 Å². The molecule has 1 N–H and O–H groups in total. The number of carbonyl (C=O) groups is 1. The van der Waals surface area contributed by atoms with Crippen molar-refractivity contribution in [3.8, 4) is 0 Å². The summed E-state index contributed by atoms with van der Waals surface area (Å²) >= 11 is 6.27. The zero-order valence-corrected chi connectivity index (χ0v) is 14.1. The van der Waals surface area contributed by atoms with E-state index < -0.39 is 6.09 Å². The second-order valence-electron chi connectivity index (χ2n) is 5.94. The monoisotopic (exact) mass is 349 g/mol. The maximum Gasteiger partial charge on any atom is 0.407 e. The van der Waals surface area contributed by atoms with Gasteiger partial charge in [0.1, 0.15) is 0 Å². The molecule has 0 saturated carbocycles. The summed E-state index contributed by atoms with van der Waals surface area (Å²) in [6, 6.07) is 5.66. The summed E-state index contributed by atoms with van der Waals surface area (Å²) in [5.74, 6) is 0. The molecule has 3 rings (SSSR count). The number of aryl methyl sites for hydroxylation is 1. The number of ether oxygens (including phenoxy) is 1. The maximum absolute atomic E-state index is 10.8. The van der Waals surface area contributed by atoms with Crippen molar-refractivity contribution in [2.75, 3.05) is 19.7 Å². The van der Waals surface area contributed by atoms with E-state index >= 15 is 0 Å². The highest BCUT2D eigenvalue weighted by molar-refractivity contribution is 6.35. The van der Waals surface area contributed by atoms with Gasteiger partial charge >= 0.3 is 6.09 Å². The molecule has 3 heterocycles. The van der Waals surface area contributed by atoms with Crippen molar-refractivity contribution in [2.24, 2.45) is 0 Å². The largest absolute Gasteiger partial charge is 0.465 e. The average molecular weight is 350 g/mol. The Hall–Kier alpha value is -1.92. The van der Waals surface area contributed by atoms with Crippen molar-refractivity contribution in [1.82, 2.24) is 14.9 Å². The van der Waals surface area contributed by atoms with Gasteiger partial charge in [0.15, 0.2) is 5.65 Å². The lowest BCUT2D eigenvalue weighted by atomic mass is 10.1. The summed E-state index contributed by atoms with van der Waals surface area (Å²) in [6.07, 6.45) is 4.32. The summed E-state index contributed by atoms with van der Waals surface area (Å²) in [5, 5.41) is 10.5. The molecule has 7 heteroatoms. The maximum atomic E-state index is 10.8. The van der Waals surface area contributed by atoms with Crippen LogP contribution in [0.15, 0.2) is 24.4 Å². The third kappa shape index (κ3) is 4.13. The van der Waals surface area contributed by atoms with E-state index in [2.05, 4.69) is 9.97 Å². The Labute approximate surface area is 145 Å². The van der Waals surface area contributed by atoms with Crippen LogP contribution >= 0.6 is 11.6 Å². The summed E-state index contributed by atoms with van der Waals surface area (Å²) in [4.78, 5) is 21.0. The Morgan fingerprint density at radius 3 is 3.12 bits per heavy atom. The Morgan fingerprint density at radius 1 is 1.46 bits per heavy atom. The first-order valence-corrected chi connectivity index (χ1v) is 8.51. The van der Waals surface area contributed by atoms with Crippen molar-refractivity contribution in [1.29, 1.82) is 0 Å². The van der Waals surface area contributed by atoms with E-state index in [1.807, 2.05) is 18.2 Å². The van der Waals surface area contributed by atoms with Gasteiger partial charge in [-0.1, -0.05) is 11.6 Å². The molecule has 1 atom stereocenters. The van der Waals surface area contributed by atoms with Gasteiger partial charge in [0.05, 0.1) is 17.7 Å². The van der Waals surface area contributed by atoms with Crippen LogP contribution in [0, 0.1) is 0 Å². The van der Waals surface area contributed by atoms with E-state index in [1.165, 1.54) is 4.90 Å². The molecular formula is C17H20ClN3O3. The molecule has 1 unspecified atom stereocenters. The van der Waals surface area contributed by atoms with Crippen LogP contribution < -0.4 is 0 Å². The van der Waals surface area contributed by atoms with Crippen LogP contribution in [-0.4, -0.2) is 51.9 Å². The SMILES string of the molecule is O=C(O)N1CCC(OCCCCc2cc(Cl)c3cccnc3n2)C1. The quantitative estimate of drug-likeness (QED) is 0.809. The minimum atomic E-state index is -0.867. The van der Waals surface area contributed by atoms with E-state index in [0.29, 0.717) is 30.4 Å². The van der Waals surface area contributed by atoms with Gasteiger partial charge in [0, 0.05) is 30.4 Å². The number of rotatable bonds is 6. The van der Waals surface area contributed by atoms with E-state index in [0.717, 1.165) is 36.8 Å². The first-order chi connectivity index (χ1) is 11.6. The Balaban J connectivity index is 1.42. The fourth-order valence-corrected chi connectivity index (χ4v) is 3.16. The molecule has 128 valence electrons. The molecule has 1 aliphatic heterocycles. The molecule has 2 aromatic heterocycles. The van der Waals surface area contributed by atoms with Gasteiger partial charge in [-0.2, -0.15) is 0 Å². The molecule has 0 spiro atoms. The molecule has 0 radical (unpaired) electrons. The number of halogens is 1. The molecule has 0 aromatic carbocycles. The fraction of sp³-hybridized carbons (Fsp3) is 0.471. The Bertz CT molecular complexity index is 725. The molecule has 1 saturated heterocycles. The lowest BCUT2D eigenvalue weighted by molar-refractivity contribution is 0.0563. The summed E-state index contributed by atoms with van der Waals surface area (Å²) < 4.78 is 5.75. The molecule has 0 aliphatic carbocycles. The van der Waals surface area contributed by atoms with E-state index in [4.69, 9.17) is 21.4 Å². The number of aromatic nitrogens is 2. The van der Waals surface area contributed by atoms with Crippen molar-refractivity contribution in [3.05, 3.63) is 35.1 Å². The predicted octanol–water partition coefficient (Wildman–Crippen LogP) is 3.37. The highest BCUT2D eigenvalue weighted by Crippen LogP contribution is 2.22. The van der Waals surface area contributed by atoms with Crippen LogP contribution in [-0.2, 0) is 11.2 Å². The number of hydrogen-bond donors (Lipinski definition) is 1. The smallest absolute Gasteiger partial charge is 0.407 e. The Morgan fingerprint density at radius 2 is 2.33 bits per heavy atom. The van der Waals surface area contributed by atoms with Crippen molar-refractivity contribution in [3.63, 3.8) is 0 Å². The molecule has 1 amide bonds. The third-order valence-corrected chi connectivity index (χ3v) is 4.50. The van der Waals surface area contributed by atoms with Crippen LogP contribution in [0.1, 0.15) is 25.0 Å². The molecule has 1 fully saturated rings. The fourth-order valence-electron chi connectivity index (χ4n) is 2.89. The van der Waals surface area contributed by atoms with Crippen LogP contribution in [0.25, 0.3) is 11.0 Å². The van der Waals surface area contributed by atoms with Gasteiger partial charge < -0.3 is 14.7 Å². The molecular weight excluding hydrogens is 330 g/mol. The number of likely N-dealkylation sites (tertiary alicyclic amines) is 1. The highest BCUT2D eigenvalue weighted by atomic mass is 35.5. The van der Waals surface area contributed by atoms with E-state index in [-0.39, 0.29) is 6.10 Å². The Kier molecular flexibility index (Phi) is 5.48. The minimum absolute atomic E-state index is 0.0264. The number of fused-ring (bicyclic) bond motifs is 1. The average Bonchev–Trinajstić information content (AvgIpc) is 3.04. The standard InChI is InChI=1S/C17H20ClN3O3/c18-15-10-12(20-16-14(15)5-3-7-19-16)4-1-2-9-24-13-6-8-21(11-13)17(22)23/h3,5,7,10,13H,1-2,4,6,8-9,11H2,(H,22,23). The first-order valence-electron chi connectivity index (χ1n) is 8.13. The lowest BCUT2D eigenvalue weighted by Crippen LogP contribution is -2.28. The zero-order chi connectivity index (χ0) is 16.9. The summed E-state index contributed by atoms with van der Waals surface area (Å²) in [7, 11) is 0. The first kappa shape index (κ1) is 16.9. The van der Waals surface area contributed by atoms with Crippen LogP contribution in [0.2, 0.25) is 5.02 Å². The van der Waals surface area contributed by atoms with Gasteiger partial charge in [-0.15, -0.1) is 0 Å². The normalized spacial score (nSPS) is 17.5. The van der Waals surface area contributed by atoms with Crippen LogP contribution in [0.4, 0.5) is 4.79 Å². The number of hydrogen-bond acceptors (Lipinski definition) is 4. The van der Waals surface area contributed by atoms with Gasteiger partial charge in [-0.25, -0.2) is 14.8 Å². The van der Waals surface area contributed by atoms with Crippen molar-refractivity contribution in [2.45, 2.75) is 31.8 Å². The van der Waals surface area contributed by atoms with Crippen LogP contribution in [0.3, 0.4) is 0 Å². The van der Waals surface area contributed by atoms with Crippen LogP contribution in [0.5, 0.6) is 0 Å². The number of nitrogens with zero attached hydrogens (tertiary/aromatic N) is 3.